The van der Waals surface area contributed by atoms with Crippen molar-refractivity contribution in [1.82, 2.24) is 9.29 Å². The zero-order valence-corrected chi connectivity index (χ0v) is 18.6. The molecule has 8 nitrogen and oxygen atoms in total. The van der Waals surface area contributed by atoms with Crippen molar-refractivity contribution in [2.24, 2.45) is 10.7 Å². The van der Waals surface area contributed by atoms with Crippen LogP contribution in [0, 0.1) is 5.82 Å². The molecule has 1 atom stereocenters. The lowest BCUT2D eigenvalue weighted by Crippen LogP contribution is -2.58. The summed E-state index contributed by atoms with van der Waals surface area (Å²) in [4.78, 5) is 20.9. The van der Waals surface area contributed by atoms with Crippen molar-refractivity contribution in [2.45, 2.75) is 43.1 Å². The van der Waals surface area contributed by atoms with Gasteiger partial charge >= 0.3 is 6.61 Å². The zero-order chi connectivity index (χ0) is 24.2. The number of nitrogens with zero attached hydrogens (tertiary/aromatic N) is 3. The number of Topliss-reactive ketones (excluding diaryl/α,β-unsaturated/α-hetero) is 1. The van der Waals surface area contributed by atoms with Gasteiger partial charge in [0.15, 0.2) is 5.78 Å². The molecule has 1 aromatic heterocycles. The maximum Gasteiger partial charge on any atom is 0.387 e. The number of alkyl halides is 2. The average molecular weight is 482 g/mol. The van der Waals surface area contributed by atoms with Crippen LogP contribution in [0.1, 0.15) is 41.4 Å². The number of nitrogens with two attached hydrogens (primary N) is 1. The SMILES string of the molecule is CN1C(N)=N[C@](C)(c2cc(CC(=O)c3ccc(OC(F)F)cn3)ccc2F)C2(CC2)S1(=O)=O. The lowest BCUT2D eigenvalue weighted by atomic mass is 9.85. The van der Waals surface area contributed by atoms with E-state index in [1.807, 2.05) is 0 Å². The van der Waals surface area contributed by atoms with Gasteiger partial charge in [0, 0.05) is 19.0 Å². The molecule has 1 aliphatic heterocycles. The second kappa shape index (κ2) is 7.72. The summed E-state index contributed by atoms with van der Waals surface area (Å²) < 4.78 is 69.5. The van der Waals surface area contributed by atoms with Gasteiger partial charge in [-0.25, -0.2) is 27.1 Å². The van der Waals surface area contributed by atoms with E-state index in [1.165, 1.54) is 38.2 Å². The van der Waals surface area contributed by atoms with Gasteiger partial charge in [0.2, 0.25) is 16.0 Å². The summed E-state index contributed by atoms with van der Waals surface area (Å²) in [5.74, 6) is -1.54. The van der Waals surface area contributed by atoms with Gasteiger partial charge in [-0.3, -0.25) is 4.79 Å². The van der Waals surface area contributed by atoms with E-state index in [1.54, 1.807) is 0 Å². The number of carbonyl (C=O) groups is 1. The van der Waals surface area contributed by atoms with E-state index in [9.17, 15) is 26.4 Å². The Morgan fingerprint density at radius 3 is 2.55 bits per heavy atom. The van der Waals surface area contributed by atoms with Crippen molar-refractivity contribution >= 4 is 21.8 Å². The second-order valence-electron chi connectivity index (χ2n) is 8.18. The molecule has 2 heterocycles. The molecule has 1 aromatic carbocycles. The van der Waals surface area contributed by atoms with E-state index in [0.717, 1.165) is 16.6 Å². The molecule has 1 spiro atoms. The van der Waals surface area contributed by atoms with Crippen LogP contribution in [-0.4, -0.2) is 47.9 Å². The Kier molecular flexibility index (Phi) is 5.38. The molecule has 0 radical (unpaired) electrons. The van der Waals surface area contributed by atoms with E-state index >= 15 is 0 Å². The molecule has 0 saturated heterocycles. The number of benzene rings is 1. The maximum atomic E-state index is 15.0. The van der Waals surface area contributed by atoms with E-state index in [-0.39, 0.29) is 29.4 Å². The smallest absolute Gasteiger partial charge is 0.387 e. The number of aliphatic imine (C=N–C) groups is 1. The molecule has 176 valence electrons. The molecule has 12 heteroatoms. The third-order valence-electron chi connectivity index (χ3n) is 6.27. The molecule has 2 N–H and O–H groups in total. The van der Waals surface area contributed by atoms with Crippen molar-refractivity contribution in [3.63, 3.8) is 0 Å². The number of hydrogen-bond acceptors (Lipinski definition) is 7. The highest BCUT2D eigenvalue weighted by molar-refractivity contribution is 7.91. The van der Waals surface area contributed by atoms with Crippen LogP contribution in [0.4, 0.5) is 13.2 Å². The second-order valence-corrected chi connectivity index (χ2v) is 10.5. The molecular weight excluding hydrogens is 461 g/mol. The summed E-state index contributed by atoms with van der Waals surface area (Å²) >= 11 is 0. The normalized spacial score (nSPS) is 22.8. The maximum absolute atomic E-state index is 15.0. The Morgan fingerprint density at radius 2 is 1.97 bits per heavy atom. The van der Waals surface area contributed by atoms with E-state index in [0.29, 0.717) is 18.4 Å². The van der Waals surface area contributed by atoms with Crippen molar-refractivity contribution in [3.8, 4) is 5.75 Å². The summed E-state index contributed by atoms with van der Waals surface area (Å²) in [5.41, 5.74) is 4.83. The van der Waals surface area contributed by atoms with E-state index in [4.69, 9.17) is 5.73 Å². The van der Waals surface area contributed by atoms with Crippen molar-refractivity contribution in [1.29, 1.82) is 0 Å². The van der Waals surface area contributed by atoms with Crippen LogP contribution < -0.4 is 10.5 Å². The number of pyridine rings is 1. The predicted octanol–water partition coefficient (Wildman–Crippen LogP) is 2.59. The largest absolute Gasteiger partial charge is 0.433 e. The number of halogens is 3. The van der Waals surface area contributed by atoms with Gasteiger partial charge in [0.25, 0.3) is 0 Å². The highest BCUT2D eigenvalue weighted by Crippen LogP contribution is 2.60. The first-order valence-corrected chi connectivity index (χ1v) is 11.4. The first-order valence-electron chi connectivity index (χ1n) is 9.98. The number of rotatable bonds is 6. The van der Waals surface area contributed by atoms with Gasteiger partial charge in [-0.15, -0.1) is 0 Å². The van der Waals surface area contributed by atoms with Crippen molar-refractivity contribution in [2.75, 3.05) is 7.05 Å². The van der Waals surface area contributed by atoms with Crippen molar-refractivity contribution in [3.05, 3.63) is 59.2 Å². The molecule has 1 saturated carbocycles. The Balaban J connectivity index is 1.66. The summed E-state index contributed by atoms with van der Waals surface area (Å²) in [6.45, 7) is -1.48. The van der Waals surface area contributed by atoms with Crippen LogP contribution in [0.3, 0.4) is 0 Å². The van der Waals surface area contributed by atoms with Crippen LogP contribution in [0.5, 0.6) is 5.75 Å². The molecule has 4 rings (SSSR count). The number of guanidine groups is 1. The van der Waals surface area contributed by atoms with Gasteiger partial charge in [0.05, 0.1) is 6.20 Å². The average Bonchev–Trinajstić information content (AvgIpc) is 3.56. The fourth-order valence-corrected chi connectivity index (χ4v) is 6.34. The number of ketones is 1. The molecule has 2 aliphatic rings. The quantitative estimate of drug-likeness (QED) is 0.633. The van der Waals surface area contributed by atoms with Crippen LogP contribution >= 0.6 is 0 Å². The molecule has 2 aromatic rings. The molecule has 33 heavy (non-hydrogen) atoms. The molecule has 1 aliphatic carbocycles. The first kappa shape index (κ1) is 23.0. The number of ether oxygens (including phenoxy) is 1. The fraction of sp³-hybridized carbons (Fsp3) is 0.381. The van der Waals surface area contributed by atoms with Crippen LogP contribution in [-0.2, 0) is 22.0 Å². The fourth-order valence-electron chi connectivity index (χ4n) is 4.25. The van der Waals surface area contributed by atoms with Gasteiger partial charge in [-0.05, 0) is 49.6 Å². The Bertz CT molecular complexity index is 1250. The lowest BCUT2D eigenvalue weighted by molar-refractivity contribution is -0.0500. The van der Waals surface area contributed by atoms with Gasteiger partial charge in [-0.1, -0.05) is 6.07 Å². The van der Waals surface area contributed by atoms with Gasteiger partial charge in [0.1, 0.15) is 27.5 Å². The van der Waals surface area contributed by atoms with Crippen molar-refractivity contribution < 1.29 is 31.1 Å². The minimum atomic E-state index is -3.87. The number of carbonyl (C=O) groups excluding carboxylic acids is 1. The molecule has 0 unspecified atom stereocenters. The highest BCUT2D eigenvalue weighted by atomic mass is 32.2. The molecule has 0 amide bonds. The van der Waals surface area contributed by atoms with E-state index < -0.39 is 38.5 Å². The number of aromatic nitrogens is 1. The highest BCUT2D eigenvalue weighted by Gasteiger charge is 2.70. The standard InChI is InChI=1S/C21H21F3N4O4S/c1-20(21(7-8-21)33(30,31)28(2)19(25)27-20)14-9-12(3-5-15(14)22)10-17(29)16-6-4-13(11-26-16)32-18(23)24/h3-6,9,11,18H,7-8,10H2,1-2H3,(H2,25,27)/t20-/m1/s1. The predicted molar refractivity (Wildman–Crippen MR) is 113 cm³/mol. The minimum Gasteiger partial charge on any atom is -0.433 e. The summed E-state index contributed by atoms with van der Waals surface area (Å²) in [6, 6.07) is 6.42. The van der Waals surface area contributed by atoms with Crippen LogP contribution in [0.15, 0.2) is 41.5 Å². The first-order chi connectivity index (χ1) is 15.4. The van der Waals surface area contributed by atoms with Gasteiger partial charge < -0.3 is 10.5 Å². The summed E-state index contributed by atoms with van der Waals surface area (Å²) in [5, 5.41) is 0. The topological polar surface area (TPSA) is 115 Å². The van der Waals surface area contributed by atoms with Crippen LogP contribution in [0.2, 0.25) is 0 Å². The Morgan fingerprint density at radius 1 is 1.27 bits per heavy atom. The third kappa shape index (κ3) is 3.62. The summed E-state index contributed by atoms with van der Waals surface area (Å²) in [6.07, 6.45) is 1.43. The van der Waals surface area contributed by atoms with E-state index in [2.05, 4.69) is 14.7 Å². The van der Waals surface area contributed by atoms with Gasteiger partial charge in [-0.2, -0.15) is 8.78 Å². The molecular formula is C21H21F3N4O4S. The molecule has 1 fully saturated rings. The molecule has 0 bridgehead atoms. The third-order valence-corrected chi connectivity index (χ3v) is 8.97. The zero-order valence-electron chi connectivity index (χ0n) is 17.8. The monoisotopic (exact) mass is 482 g/mol. The Labute approximate surface area is 188 Å². The number of hydrogen-bond donors (Lipinski definition) is 1. The number of sulfonamides is 1. The minimum absolute atomic E-state index is 0.0106. The lowest BCUT2D eigenvalue weighted by Gasteiger charge is -2.42. The summed E-state index contributed by atoms with van der Waals surface area (Å²) in [7, 11) is -2.56. The Hall–Kier alpha value is -3.15. The van der Waals surface area contributed by atoms with Crippen LogP contribution in [0.25, 0.3) is 0 Å².